The maximum Gasteiger partial charge on any atom is 0.328 e. The smallest absolute Gasteiger partial charge is 0.328 e. The number of aryl methyl sites for hydroxylation is 1. The average molecular weight is 532 g/mol. The topological polar surface area (TPSA) is 90.4 Å². The third-order valence-corrected chi connectivity index (χ3v) is 7.21. The van der Waals surface area contributed by atoms with Crippen LogP contribution in [0.25, 0.3) is 10.9 Å². The van der Waals surface area contributed by atoms with Gasteiger partial charge in [-0.25, -0.2) is 4.79 Å². The molecule has 1 aromatic heterocycles. The molecule has 0 unspecified atom stereocenters. The Hall–Kier alpha value is -3.88. The van der Waals surface area contributed by atoms with Gasteiger partial charge < -0.3 is 15.2 Å². The van der Waals surface area contributed by atoms with Crippen molar-refractivity contribution >= 4 is 34.1 Å². The standard InChI is InChI=1S/C29H30ClN5O3/c30-23-7-4-8-24(20-23)34-17-15-33(16-18-34)14-12-31-27(36)22-9-10-25-26(19-22)32-29(38)35(28(25)37)13-11-21-5-2-1-3-6-21/h1-10,19-20H,11-18H2,(H,31,36)(H,32,38). The second-order valence-corrected chi connectivity index (χ2v) is 9.88. The summed E-state index contributed by atoms with van der Waals surface area (Å²) in [6, 6.07) is 22.4. The van der Waals surface area contributed by atoms with Gasteiger partial charge in [-0.3, -0.25) is 19.1 Å². The van der Waals surface area contributed by atoms with Gasteiger partial charge in [0.15, 0.2) is 0 Å². The largest absolute Gasteiger partial charge is 0.369 e. The van der Waals surface area contributed by atoms with Crippen LogP contribution in [-0.2, 0) is 13.0 Å². The van der Waals surface area contributed by atoms with Crippen LogP contribution in [0.1, 0.15) is 15.9 Å². The number of halogens is 1. The lowest BCUT2D eigenvalue weighted by Gasteiger charge is -2.36. The van der Waals surface area contributed by atoms with E-state index in [1.807, 2.05) is 48.5 Å². The zero-order chi connectivity index (χ0) is 26.5. The quantitative estimate of drug-likeness (QED) is 0.364. The maximum absolute atomic E-state index is 13.0. The van der Waals surface area contributed by atoms with Gasteiger partial charge in [0.05, 0.1) is 10.9 Å². The molecular formula is C29H30ClN5O3. The zero-order valence-corrected chi connectivity index (χ0v) is 21.8. The van der Waals surface area contributed by atoms with E-state index in [1.165, 1.54) is 4.57 Å². The number of piperazine rings is 1. The number of aromatic amines is 1. The first-order valence-corrected chi connectivity index (χ1v) is 13.2. The van der Waals surface area contributed by atoms with Gasteiger partial charge in [0.1, 0.15) is 0 Å². The molecule has 3 aromatic carbocycles. The van der Waals surface area contributed by atoms with Crippen LogP contribution < -0.4 is 21.5 Å². The average Bonchev–Trinajstić information content (AvgIpc) is 2.93. The molecule has 0 bridgehead atoms. The summed E-state index contributed by atoms with van der Waals surface area (Å²) in [6.45, 7) is 5.12. The van der Waals surface area contributed by atoms with Gasteiger partial charge in [-0.05, 0) is 48.4 Å². The SMILES string of the molecule is O=C(NCCN1CCN(c2cccc(Cl)c2)CC1)c1ccc2c(=O)n(CCc3ccccc3)c(=O)[nH]c2c1. The summed E-state index contributed by atoms with van der Waals surface area (Å²) in [5.41, 5.74) is 2.11. The highest BCUT2D eigenvalue weighted by Gasteiger charge is 2.18. The summed E-state index contributed by atoms with van der Waals surface area (Å²) >= 11 is 6.12. The van der Waals surface area contributed by atoms with E-state index in [4.69, 9.17) is 11.6 Å². The summed E-state index contributed by atoms with van der Waals surface area (Å²) in [6.07, 6.45) is 0.575. The number of anilines is 1. The lowest BCUT2D eigenvalue weighted by Crippen LogP contribution is -2.48. The van der Waals surface area contributed by atoms with Crippen molar-refractivity contribution in [3.8, 4) is 0 Å². The van der Waals surface area contributed by atoms with Gasteiger partial charge in [0, 0.05) is 62.1 Å². The first kappa shape index (κ1) is 25.8. The van der Waals surface area contributed by atoms with Crippen LogP contribution in [0, 0.1) is 0 Å². The van der Waals surface area contributed by atoms with E-state index in [1.54, 1.807) is 18.2 Å². The van der Waals surface area contributed by atoms with Crippen molar-refractivity contribution in [1.29, 1.82) is 0 Å². The number of aromatic nitrogens is 2. The minimum Gasteiger partial charge on any atom is -0.369 e. The number of nitrogens with one attached hydrogen (secondary N) is 2. The molecule has 0 atom stereocenters. The summed E-state index contributed by atoms with van der Waals surface area (Å²) in [7, 11) is 0. The summed E-state index contributed by atoms with van der Waals surface area (Å²) in [5.74, 6) is -0.237. The van der Waals surface area contributed by atoms with Gasteiger partial charge in [-0.2, -0.15) is 0 Å². The number of benzene rings is 3. The van der Waals surface area contributed by atoms with Crippen LogP contribution in [0.15, 0.2) is 82.4 Å². The van der Waals surface area contributed by atoms with Crippen molar-refractivity contribution < 1.29 is 4.79 Å². The van der Waals surface area contributed by atoms with Crippen LogP contribution in [0.5, 0.6) is 0 Å². The van der Waals surface area contributed by atoms with Crippen molar-refractivity contribution in [3.05, 3.63) is 110 Å². The number of rotatable bonds is 8. The Morgan fingerprint density at radius 1 is 0.895 bits per heavy atom. The molecule has 0 spiro atoms. The number of carbonyl (C=O) groups is 1. The Labute approximate surface area is 225 Å². The molecule has 9 heteroatoms. The molecule has 1 saturated heterocycles. The van der Waals surface area contributed by atoms with Crippen LogP contribution >= 0.6 is 11.6 Å². The van der Waals surface area contributed by atoms with Gasteiger partial charge in [-0.15, -0.1) is 0 Å². The second kappa shape index (κ2) is 11.7. The molecule has 0 saturated carbocycles. The zero-order valence-electron chi connectivity index (χ0n) is 21.0. The molecule has 0 aliphatic carbocycles. The van der Waals surface area contributed by atoms with E-state index in [9.17, 15) is 14.4 Å². The highest BCUT2D eigenvalue weighted by Crippen LogP contribution is 2.20. The van der Waals surface area contributed by atoms with Crippen molar-refractivity contribution in [2.75, 3.05) is 44.2 Å². The van der Waals surface area contributed by atoms with E-state index in [2.05, 4.69) is 26.2 Å². The Morgan fingerprint density at radius 3 is 2.45 bits per heavy atom. The maximum atomic E-state index is 13.0. The molecule has 1 aliphatic heterocycles. The summed E-state index contributed by atoms with van der Waals surface area (Å²) in [5, 5.41) is 4.07. The number of hydrogen-bond acceptors (Lipinski definition) is 5. The lowest BCUT2D eigenvalue weighted by atomic mass is 10.1. The molecule has 38 heavy (non-hydrogen) atoms. The minimum atomic E-state index is -0.479. The number of H-pyrrole nitrogens is 1. The molecule has 1 fully saturated rings. The Kier molecular flexibility index (Phi) is 7.91. The van der Waals surface area contributed by atoms with Crippen LogP contribution in [0.3, 0.4) is 0 Å². The molecule has 5 rings (SSSR count). The predicted molar refractivity (Wildman–Crippen MR) is 151 cm³/mol. The fourth-order valence-electron chi connectivity index (χ4n) is 4.82. The minimum absolute atomic E-state index is 0.237. The third kappa shape index (κ3) is 5.98. The number of fused-ring (bicyclic) bond motifs is 1. The highest BCUT2D eigenvalue weighted by atomic mass is 35.5. The molecular weight excluding hydrogens is 502 g/mol. The van der Waals surface area contributed by atoms with E-state index < -0.39 is 5.69 Å². The fourth-order valence-corrected chi connectivity index (χ4v) is 5.00. The van der Waals surface area contributed by atoms with Crippen LogP contribution in [0.4, 0.5) is 5.69 Å². The van der Waals surface area contributed by atoms with Gasteiger partial charge in [-0.1, -0.05) is 48.0 Å². The molecule has 8 nitrogen and oxygen atoms in total. The molecule has 0 radical (unpaired) electrons. The van der Waals surface area contributed by atoms with Gasteiger partial charge >= 0.3 is 5.69 Å². The summed E-state index contributed by atoms with van der Waals surface area (Å²) in [4.78, 5) is 45.7. The Balaban J connectivity index is 1.16. The van der Waals surface area contributed by atoms with E-state index in [-0.39, 0.29) is 18.0 Å². The van der Waals surface area contributed by atoms with Gasteiger partial charge in [0.2, 0.25) is 0 Å². The van der Waals surface area contributed by atoms with Crippen LogP contribution in [-0.4, -0.2) is 59.6 Å². The number of hydrogen-bond donors (Lipinski definition) is 2. The van der Waals surface area contributed by atoms with E-state index in [0.717, 1.165) is 49.0 Å². The number of nitrogens with zero attached hydrogens (tertiary/aromatic N) is 3. The summed E-state index contributed by atoms with van der Waals surface area (Å²) < 4.78 is 1.21. The molecule has 2 N–H and O–H groups in total. The van der Waals surface area contributed by atoms with E-state index in [0.29, 0.717) is 29.4 Å². The van der Waals surface area contributed by atoms with E-state index >= 15 is 0 Å². The first-order valence-electron chi connectivity index (χ1n) is 12.8. The van der Waals surface area contributed by atoms with Gasteiger partial charge in [0.25, 0.3) is 11.5 Å². The monoisotopic (exact) mass is 531 g/mol. The van der Waals surface area contributed by atoms with Crippen molar-refractivity contribution in [3.63, 3.8) is 0 Å². The predicted octanol–water partition coefficient (Wildman–Crippen LogP) is 3.14. The van der Waals surface area contributed by atoms with Crippen LogP contribution in [0.2, 0.25) is 5.02 Å². The highest BCUT2D eigenvalue weighted by molar-refractivity contribution is 6.30. The lowest BCUT2D eigenvalue weighted by molar-refractivity contribution is 0.0948. The second-order valence-electron chi connectivity index (χ2n) is 9.45. The van der Waals surface area contributed by atoms with Crippen molar-refractivity contribution in [1.82, 2.24) is 19.8 Å². The number of carbonyl (C=O) groups excluding carboxylic acids is 1. The number of amides is 1. The fraction of sp³-hybridized carbons (Fsp3) is 0.276. The Morgan fingerprint density at radius 2 is 1.68 bits per heavy atom. The normalized spacial score (nSPS) is 14.1. The molecule has 1 aliphatic rings. The molecule has 2 heterocycles. The van der Waals surface area contributed by atoms with Crippen molar-refractivity contribution in [2.24, 2.45) is 0 Å². The Bertz CT molecular complexity index is 1540. The van der Waals surface area contributed by atoms with Crippen molar-refractivity contribution in [2.45, 2.75) is 13.0 Å². The third-order valence-electron chi connectivity index (χ3n) is 6.97. The molecule has 1 amide bonds. The molecule has 196 valence electrons. The molecule has 4 aromatic rings. The first-order chi connectivity index (χ1) is 18.5.